The van der Waals surface area contributed by atoms with E-state index in [-0.39, 0.29) is 47.9 Å². The Morgan fingerprint density at radius 2 is 1.91 bits per heavy atom. The fourth-order valence-corrected chi connectivity index (χ4v) is 6.06. The highest BCUT2D eigenvalue weighted by atomic mass is 16.2. The molecule has 1 aliphatic carbocycles. The highest BCUT2D eigenvalue weighted by Gasteiger charge is 2.55. The van der Waals surface area contributed by atoms with Crippen LogP contribution in [0.15, 0.2) is 24.3 Å². The predicted octanol–water partition coefficient (Wildman–Crippen LogP) is 1.28. The second-order valence-electron chi connectivity index (χ2n) is 9.86. The van der Waals surface area contributed by atoms with E-state index in [0.717, 1.165) is 31.4 Å². The van der Waals surface area contributed by atoms with Gasteiger partial charge in [-0.1, -0.05) is 19.1 Å². The first-order valence-corrected chi connectivity index (χ1v) is 11.5. The van der Waals surface area contributed by atoms with E-state index < -0.39 is 5.91 Å². The van der Waals surface area contributed by atoms with Crippen molar-refractivity contribution in [3.8, 4) is 6.07 Å². The smallest absolute Gasteiger partial charge is 0.248 e. The first kappa shape index (κ1) is 21.0. The van der Waals surface area contributed by atoms with Gasteiger partial charge >= 0.3 is 0 Å². The van der Waals surface area contributed by atoms with E-state index in [1.807, 2.05) is 35.8 Å². The molecule has 4 aliphatic rings. The molecule has 1 unspecified atom stereocenters. The maximum atomic E-state index is 13.2. The number of nitriles is 1. The Bertz CT molecular complexity index is 1000. The molecule has 3 heterocycles. The molecule has 1 aromatic rings. The molecule has 4 fully saturated rings. The largest absolute Gasteiger partial charge is 0.366 e. The molecule has 8 heteroatoms. The molecule has 168 valence electrons. The van der Waals surface area contributed by atoms with Gasteiger partial charge in [0.1, 0.15) is 6.04 Å². The van der Waals surface area contributed by atoms with Gasteiger partial charge in [0.25, 0.3) is 0 Å². The Labute approximate surface area is 187 Å². The number of nitrogens with zero attached hydrogens (tertiary/aromatic N) is 4. The summed E-state index contributed by atoms with van der Waals surface area (Å²) in [4.78, 5) is 43.5. The molecule has 3 amide bonds. The summed E-state index contributed by atoms with van der Waals surface area (Å²) in [6.07, 6.45) is 2.61. The molecule has 0 spiro atoms. The minimum absolute atomic E-state index is 0.0523. The van der Waals surface area contributed by atoms with E-state index in [2.05, 4.69) is 11.0 Å². The Kier molecular flexibility index (Phi) is 4.97. The highest BCUT2D eigenvalue weighted by Crippen LogP contribution is 2.48. The van der Waals surface area contributed by atoms with Gasteiger partial charge in [-0.25, -0.2) is 0 Å². The van der Waals surface area contributed by atoms with E-state index in [0.29, 0.717) is 18.0 Å². The number of likely N-dealkylation sites (tertiary alicyclic amines) is 3. The van der Waals surface area contributed by atoms with Crippen molar-refractivity contribution in [3.63, 3.8) is 0 Å². The number of primary amides is 1. The number of carbonyl (C=O) groups excluding carboxylic acids is 3. The van der Waals surface area contributed by atoms with Crippen LogP contribution in [0.3, 0.4) is 0 Å². The van der Waals surface area contributed by atoms with Gasteiger partial charge in [0.2, 0.25) is 17.7 Å². The molecule has 5 rings (SSSR count). The molecule has 2 bridgehead atoms. The van der Waals surface area contributed by atoms with Crippen molar-refractivity contribution in [2.24, 2.45) is 17.6 Å². The van der Waals surface area contributed by atoms with Crippen molar-refractivity contribution in [3.05, 3.63) is 35.4 Å². The van der Waals surface area contributed by atoms with Crippen LogP contribution < -0.4 is 5.73 Å². The number of benzene rings is 1. The topological polar surface area (TPSA) is 111 Å². The van der Waals surface area contributed by atoms with Crippen LogP contribution in [-0.4, -0.2) is 69.7 Å². The Morgan fingerprint density at radius 1 is 1.19 bits per heavy atom. The van der Waals surface area contributed by atoms with Crippen molar-refractivity contribution < 1.29 is 14.4 Å². The quantitative estimate of drug-likeness (QED) is 0.724. The molecule has 1 aromatic carbocycles. The third-order valence-corrected chi connectivity index (χ3v) is 7.85. The zero-order chi connectivity index (χ0) is 22.7. The normalized spacial score (nSPS) is 32.5. The lowest BCUT2D eigenvalue weighted by molar-refractivity contribution is -0.142. The molecule has 0 aromatic heterocycles. The van der Waals surface area contributed by atoms with Crippen molar-refractivity contribution in [2.75, 3.05) is 13.1 Å². The summed E-state index contributed by atoms with van der Waals surface area (Å²) in [6, 6.07) is 9.20. The fraction of sp³-hybridized carbons (Fsp3) is 0.583. The molecule has 32 heavy (non-hydrogen) atoms. The lowest BCUT2D eigenvalue weighted by Gasteiger charge is -2.38. The molecule has 3 saturated heterocycles. The first-order chi connectivity index (χ1) is 15.3. The van der Waals surface area contributed by atoms with Gasteiger partial charge in [0.05, 0.1) is 18.2 Å². The number of carbonyl (C=O) groups is 3. The van der Waals surface area contributed by atoms with Crippen molar-refractivity contribution in [2.45, 2.75) is 63.3 Å². The molecule has 2 N–H and O–H groups in total. The molecular weight excluding hydrogens is 406 g/mol. The summed E-state index contributed by atoms with van der Waals surface area (Å²) < 4.78 is 0. The molecular formula is C24H29N5O3. The predicted molar refractivity (Wildman–Crippen MR) is 116 cm³/mol. The monoisotopic (exact) mass is 435 g/mol. The van der Waals surface area contributed by atoms with Gasteiger partial charge in [-0.15, -0.1) is 0 Å². The molecule has 1 saturated carbocycles. The molecule has 8 nitrogen and oxygen atoms in total. The average Bonchev–Trinajstić information content (AvgIpc) is 3.11. The summed E-state index contributed by atoms with van der Waals surface area (Å²) in [5.74, 6) is -0.0360. The number of rotatable bonds is 6. The zero-order valence-corrected chi connectivity index (χ0v) is 18.5. The van der Waals surface area contributed by atoms with Gasteiger partial charge in [0.15, 0.2) is 0 Å². The molecule has 3 aliphatic heterocycles. The Hall–Kier alpha value is -2.92. The maximum Gasteiger partial charge on any atom is 0.248 e. The van der Waals surface area contributed by atoms with Gasteiger partial charge < -0.3 is 15.5 Å². The summed E-state index contributed by atoms with van der Waals surface area (Å²) in [6.45, 7) is 5.23. The number of piperazine rings is 1. The average molecular weight is 436 g/mol. The Morgan fingerprint density at radius 3 is 2.53 bits per heavy atom. The van der Waals surface area contributed by atoms with Crippen LogP contribution in [0.1, 0.15) is 55.1 Å². The minimum Gasteiger partial charge on any atom is -0.366 e. The second-order valence-corrected chi connectivity index (χ2v) is 9.86. The lowest BCUT2D eigenvalue weighted by Crippen LogP contribution is -2.53. The molecule has 7 atom stereocenters. The molecule has 0 radical (unpaired) electrons. The van der Waals surface area contributed by atoms with Crippen molar-refractivity contribution in [1.29, 1.82) is 5.26 Å². The van der Waals surface area contributed by atoms with Crippen molar-refractivity contribution in [1.82, 2.24) is 14.7 Å². The number of piperidine rings is 1. The third kappa shape index (κ3) is 3.27. The minimum atomic E-state index is -0.466. The van der Waals surface area contributed by atoms with Crippen LogP contribution in [0.5, 0.6) is 0 Å². The number of nitrogens with two attached hydrogens (primary N) is 1. The summed E-state index contributed by atoms with van der Waals surface area (Å²) >= 11 is 0. The number of hydrogen-bond donors (Lipinski definition) is 1. The van der Waals surface area contributed by atoms with E-state index in [1.54, 1.807) is 12.1 Å². The summed E-state index contributed by atoms with van der Waals surface area (Å²) in [5.41, 5.74) is 6.75. The standard InChI is InChI=1S/C24H29N5O3/c1-13(23(31)29-18(10-25)7-17-8-20(17)29)11-27-12-19-9-21(27)24(32)28(19)14(2)15-3-5-16(6-4-15)22(26)30/h3-6,13-14,17-21H,7-9,11-12H2,1-2H3,(H2,26,30)/t13-,14+,17+,18-,19+,20?,21+/m0/s1. The van der Waals surface area contributed by atoms with E-state index in [9.17, 15) is 19.6 Å². The maximum absolute atomic E-state index is 13.2. The van der Waals surface area contributed by atoms with Crippen LogP contribution in [0, 0.1) is 23.2 Å². The number of fused-ring (bicyclic) bond motifs is 3. The van der Waals surface area contributed by atoms with E-state index >= 15 is 0 Å². The van der Waals surface area contributed by atoms with Crippen LogP contribution in [0.25, 0.3) is 0 Å². The van der Waals surface area contributed by atoms with E-state index in [4.69, 9.17) is 5.73 Å². The zero-order valence-electron chi connectivity index (χ0n) is 18.5. The Balaban J connectivity index is 1.22. The third-order valence-electron chi connectivity index (χ3n) is 7.85. The summed E-state index contributed by atoms with van der Waals surface area (Å²) in [7, 11) is 0. The van der Waals surface area contributed by atoms with Gasteiger partial charge in [-0.3, -0.25) is 19.3 Å². The number of amides is 3. The van der Waals surface area contributed by atoms with E-state index in [1.165, 1.54) is 0 Å². The van der Waals surface area contributed by atoms with Gasteiger partial charge in [0, 0.05) is 36.7 Å². The van der Waals surface area contributed by atoms with Gasteiger partial charge in [-0.2, -0.15) is 5.26 Å². The SMILES string of the molecule is C[C@H](c1ccc(C(N)=O)cc1)N1C(=O)[C@H]2C[C@@H]1CN2C[C@H](C)C(=O)N1C2C[C@H]2C[C@H]1C#N. The van der Waals surface area contributed by atoms with Crippen LogP contribution in [-0.2, 0) is 9.59 Å². The summed E-state index contributed by atoms with van der Waals surface area (Å²) in [5, 5.41) is 9.40. The van der Waals surface area contributed by atoms with Crippen LogP contribution in [0.4, 0.5) is 0 Å². The van der Waals surface area contributed by atoms with Crippen LogP contribution in [0.2, 0.25) is 0 Å². The van der Waals surface area contributed by atoms with Crippen LogP contribution >= 0.6 is 0 Å². The lowest BCUT2D eigenvalue weighted by atomic mass is 10.0. The second kappa shape index (κ2) is 7.59. The number of hydrogen-bond acceptors (Lipinski definition) is 5. The highest BCUT2D eigenvalue weighted by molar-refractivity contribution is 5.92. The first-order valence-electron chi connectivity index (χ1n) is 11.5. The van der Waals surface area contributed by atoms with Crippen molar-refractivity contribution >= 4 is 17.7 Å². The van der Waals surface area contributed by atoms with Gasteiger partial charge in [-0.05, 0) is 49.8 Å². The fourth-order valence-electron chi connectivity index (χ4n) is 6.06.